The average molecular weight is 258 g/mol. The van der Waals surface area contributed by atoms with Crippen LogP contribution in [0.3, 0.4) is 0 Å². The van der Waals surface area contributed by atoms with Gasteiger partial charge in [0.15, 0.2) is 0 Å². The Morgan fingerprint density at radius 3 is 2.94 bits per heavy atom. The molecule has 1 fully saturated rings. The van der Waals surface area contributed by atoms with Crippen molar-refractivity contribution in [2.24, 2.45) is 5.92 Å². The Morgan fingerprint density at radius 2 is 2.24 bits per heavy atom. The van der Waals surface area contributed by atoms with Crippen LogP contribution in [0.5, 0.6) is 0 Å². The largest absolute Gasteiger partial charge is 0.355 e. The first-order valence-corrected chi connectivity index (χ1v) is 7.98. The van der Waals surface area contributed by atoms with E-state index < -0.39 is 0 Å². The van der Waals surface area contributed by atoms with Crippen LogP contribution in [-0.4, -0.2) is 48.5 Å². The zero-order valence-corrected chi connectivity index (χ0v) is 12.0. The smallest absolute Gasteiger partial charge is 0.230 e. The molecule has 1 unspecified atom stereocenters. The monoisotopic (exact) mass is 258 g/mol. The lowest BCUT2D eigenvalue weighted by atomic mass is 10.1. The standard InChI is InChI=1S/C13H26N2OS/c1-3-6-15-7-5-12(10-15)9-14-13(16)11-17-8-4-2/h12H,3-11H2,1-2H3,(H,14,16). The molecule has 1 aliphatic heterocycles. The molecular formula is C13H26N2OS. The van der Waals surface area contributed by atoms with Crippen molar-refractivity contribution in [2.75, 3.05) is 37.7 Å². The molecule has 4 heteroatoms. The maximum atomic E-state index is 11.5. The van der Waals surface area contributed by atoms with Gasteiger partial charge in [-0.3, -0.25) is 4.79 Å². The van der Waals surface area contributed by atoms with Gasteiger partial charge >= 0.3 is 0 Å². The highest BCUT2D eigenvalue weighted by Crippen LogP contribution is 2.15. The molecule has 0 bridgehead atoms. The Morgan fingerprint density at radius 1 is 1.41 bits per heavy atom. The maximum Gasteiger partial charge on any atom is 0.230 e. The van der Waals surface area contributed by atoms with E-state index in [1.54, 1.807) is 11.8 Å². The lowest BCUT2D eigenvalue weighted by Crippen LogP contribution is -2.32. The van der Waals surface area contributed by atoms with Gasteiger partial charge in [-0.05, 0) is 44.0 Å². The van der Waals surface area contributed by atoms with E-state index in [9.17, 15) is 4.79 Å². The highest BCUT2D eigenvalue weighted by molar-refractivity contribution is 7.99. The summed E-state index contributed by atoms with van der Waals surface area (Å²) in [5, 5.41) is 3.06. The van der Waals surface area contributed by atoms with E-state index in [1.807, 2.05) is 0 Å². The van der Waals surface area contributed by atoms with Gasteiger partial charge in [-0.1, -0.05) is 13.8 Å². The van der Waals surface area contributed by atoms with E-state index in [1.165, 1.54) is 25.9 Å². The van der Waals surface area contributed by atoms with Crippen LogP contribution in [0, 0.1) is 5.92 Å². The van der Waals surface area contributed by atoms with Crippen LogP contribution in [0.2, 0.25) is 0 Å². The van der Waals surface area contributed by atoms with Gasteiger partial charge in [0, 0.05) is 13.1 Å². The fraction of sp³-hybridized carbons (Fsp3) is 0.923. The second-order valence-corrected chi connectivity index (χ2v) is 5.92. The molecule has 0 radical (unpaired) electrons. The van der Waals surface area contributed by atoms with Gasteiger partial charge in [0.05, 0.1) is 5.75 Å². The summed E-state index contributed by atoms with van der Waals surface area (Å²) in [5.74, 6) is 2.58. The number of likely N-dealkylation sites (tertiary alicyclic amines) is 1. The molecule has 0 aromatic heterocycles. The topological polar surface area (TPSA) is 32.3 Å². The molecule has 100 valence electrons. The van der Waals surface area contributed by atoms with Crippen molar-refractivity contribution in [3.63, 3.8) is 0 Å². The lowest BCUT2D eigenvalue weighted by molar-refractivity contribution is -0.118. The van der Waals surface area contributed by atoms with Gasteiger partial charge in [-0.15, -0.1) is 0 Å². The minimum Gasteiger partial charge on any atom is -0.355 e. The second kappa shape index (κ2) is 8.81. The van der Waals surface area contributed by atoms with Crippen molar-refractivity contribution in [1.82, 2.24) is 10.2 Å². The van der Waals surface area contributed by atoms with Crippen LogP contribution in [-0.2, 0) is 4.79 Å². The number of hydrogen-bond donors (Lipinski definition) is 1. The minimum atomic E-state index is 0.206. The van der Waals surface area contributed by atoms with Crippen LogP contribution in [0.1, 0.15) is 33.1 Å². The fourth-order valence-electron chi connectivity index (χ4n) is 2.22. The highest BCUT2D eigenvalue weighted by atomic mass is 32.2. The summed E-state index contributed by atoms with van der Waals surface area (Å²) >= 11 is 1.73. The third-order valence-corrected chi connectivity index (χ3v) is 4.24. The SMILES string of the molecule is CCCSCC(=O)NCC1CCN(CCC)C1. The van der Waals surface area contributed by atoms with E-state index in [0.717, 1.165) is 25.3 Å². The van der Waals surface area contributed by atoms with E-state index in [0.29, 0.717) is 11.7 Å². The quantitative estimate of drug-likeness (QED) is 0.676. The van der Waals surface area contributed by atoms with Gasteiger partial charge in [0.25, 0.3) is 0 Å². The van der Waals surface area contributed by atoms with E-state index in [4.69, 9.17) is 0 Å². The molecule has 1 atom stereocenters. The number of hydrogen-bond acceptors (Lipinski definition) is 3. The number of nitrogens with one attached hydrogen (secondary N) is 1. The van der Waals surface area contributed by atoms with E-state index in [2.05, 4.69) is 24.1 Å². The summed E-state index contributed by atoms with van der Waals surface area (Å²) in [4.78, 5) is 14.0. The van der Waals surface area contributed by atoms with Gasteiger partial charge < -0.3 is 10.2 Å². The number of carbonyl (C=O) groups excluding carboxylic acids is 1. The van der Waals surface area contributed by atoms with Gasteiger partial charge in [0.1, 0.15) is 0 Å². The Balaban J connectivity index is 2.04. The van der Waals surface area contributed by atoms with E-state index in [-0.39, 0.29) is 5.91 Å². The van der Waals surface area contributed by atoms with Gasteiger partial charge in [-0.2, -0.15) is 11.8 Å². The van der Waals surface area contributed by atoms with Gasteiger partial charge in [-0.25, -0.2) is 0 Å². The van der Waals surface area contributed by atoms with Crippen molar-refractivity contribution in [3.05, 3.63) is 0 Å². The minimum absolute atomic E-state index is 0.206. The summed E-state index contributed by atoms with van der Waals surface area (Å²) in [5.41, 5.74) is 0. The summed E-state index contributed by atoms with van der Waals surface area (Å²) in [6.45, 7) is 8.81. The Hall–Kier alpha value is -0.220. The van der Waals surface area contributed by atoms with Crippen LogP contribution >= 0.6 is 11.8 Å². The fourth-order valence-corrected chi connectivity index (χ4v) is 2.94. The van der Waals surface area contributed by atoms with Crippen LogP contribution in [0.25, 0.3) is 0 Å². The highest BCUT2D eigenvalue weighted by Gasteiger charge is 2.21. The Bertz CT molecular complexity index is 223. The molecule has 17 heavy (non-hydrogen) atoms. The molecule has 1 aliphatic rings. The van der Waals surface area contributed by atoms with Crippen LogP contribution < -0.4 is 5.32 Å². The van der Waals surface area contributed by atoms with Crippen LogP contribution in [0.15, 0.2) is 0 Å². The molecule has 1 heterocycles. The molecule has 0 aromatic rings. The molecule has 1 rings (SSSR count). The number of amides is 1. The molecule has 0 saturated carbocycles. The van der Waals surface area contributed by atoms with Crippen molar-refractivity contribution in [2.45, 2.75) is 33.1 Å². The van der Waals surface area contributed by atoms with Crippen molar-refractivity contribution in [1.29, 1.82) is 0 Å². The van der Waals surface area contributed by atoms with Crippen molar-refractivity contribution < 1.29 is 4.79 Å². The molecule has 1 saturated heterocycles. The molecular weight excluding hydrogens is 232 g/mol. The lowest BCUT2D eigenvalue weighted by Gasteiger charge is -2.15. The Labute approximate surface area is 110 Å². The third-order valence-electron chi connectivity index (χ3n) is 3.08. The predicted molar refractivity (Wildman–Crippen MR) is 75.5 cm³/mol. The first-order valence-electron chi connectivity index (χ1n) is 6.83. The second-order valence-electron chi connectivity index (χ2n) is 4.81. The number of carbonyl (C=O) groups is 1. The zero-order chi connectivity index (χ0) is 12.5. The molecule has 1 amide bonds. The molecule has 0 aliphatic carbocycles. The predicted octanol–water partition coefficient (Wildman–Crippen LogP) is 1.98. The summed E-state index contributed by atoms with van der Waals surface area (Å²) in [6, 6.07) is 0. The normalized spacial score (nSPS) is 20.7. The Kier molecular flexibility index (Phi) is 7.69. The van der Waals surface area contributed by atoms with Crippen molar-refractivity contribution in [3.8, 4) is 0 Å². The number of thioether (sulfide) groups is 1. The molecule has 1 N–H and O–H groups in total. The summed E-state index contributed by atoms with van der Waals surface area (Å²) < 4.78 is 0. The maximum absolute atomic E-state index is 11.5. The van der Waals surface area contributed by atoms with Gasteiger partial charge in [0.2, 0.25) is 5.91 Å². The molecule has 0 spiro atoms. The van der Waals surface area contributed by atoms with Crippen molar-refractivity contribution >= 4 is 17.7 Å². The number of rotatable bonds is 8. The van der Waals surface area contributed by atoms with Crippen LogP contribution in [0.4, 0.5) is 0 Å². The first-order chi connectivity index (χ1) is 8.26. The molecule has 0 aromatic carbocycles. The molecule has 3 nitrogen and oxygen atoms in total. The summed E-state index contributed by atoms with van der Waals surface area (Å²) in [6.07, 6.45) is 3.61. The number of nitrogens with zero attached hydrogens (tertiary/aromatic N) is 1. The van der Waals surface area contributed by atoms with E-state index >= 15 is 0 Å². The average Bonchev–Trinajstić information content (AvgIpc) is 2.75. The zero-order valence-electron chi connectivity index (χ0n) is 11.2. The summed E-state index contributed by atoms with van der Waals surface area (Å²) in [7, 11) is 0. The first kappa shape index (κ1) is 14.8. The third kappa shape index (κ3) is 6.32.